The van der Waals surface area contributed by atoms with Crippen molar-refractivity contribution in [3.8, 4) is 0 Å². The Labute approximate surface area is 122 Å². The molecule has 1 aliphatic heterocycles. The normalized spacial score (nSPS) is 15.6. The second kappa shape index (κ2) is 5.55. The Bertz CT molecular complexity index is 662. The van der Waals surface area contributed by atoms with Gasteiger partial charge in [-0.05, 0) is 11.6 Å². The number of rotatable bonds is 3. The number of carboxylic acids is 2. The molecule has 0 aliphatic carbocycles. The molecular weight excluding hydrogens is 303 g/mol. The summed E-state index contributed by atoms with van der Waals surface area (Å²) in [5, 5.41) is 20.7. The topological polar surface area (TPSA) is 86.6 Å². The van der Waals surface area contributed by atoms with Crippen LogP contribution >= 0.6 is 0 Å². The number of hydrogen-bond acceptors (Lipinski definition) is 3. The van der Waals surface area contributed by atoms with Gasteiger partial charge in [0.15, 0.2) is 0 Å². The molecule has 0 unspecified atom stereocenters. The zero-order valence-electron chi connectivity index (χ0n) is 10.9. The third-order valence-electron chi connectivity index (χ3n) is 3.14. The van der Waals surface area contributed by atoms with Gasteiger partial charge in [-0.15, -0.1) is 0 Å². The Morgan fingerprint density at radius 3 is 2.05 bits per heavy atom. The molecule has 1 aliphatic rings. The molecule has 2 rings (SSSR count). The van der Waals surface area contributed by atoms with E-state index in [1.54, 1.807) is 0 Å². The van der Waals surface area contributed by atoms with Crippen LogP contribution in [0.25, 0.3) is 0 Å². The third kappa shape index (κ3) is 2.95. The van der Waals surface area contributed by atoms with Gasteiger partial charge in [-0.25, -0.2) is 9.59 Å². The van der Waals surface area contributed by atoms with Crippen molar-refractivity contribution in [3.05, 3.63) is 58.9 Å². The van der Waals surface area contributed by atoms with Gasteiger partial charge in [0, 0.05) is 12.4 Å². The highest BCUT2D eigenvalue weighted by molar-refractivity contribution is 5.97. The van der Waals surface area contributed by atoms with Crippen LogP contribution in [0.5, 0.6) is 0 Å². The van der Waals surface area contributed by atoms with Crippen molar-refractivity contribution in [3.63, 3.8) is 0 Å². The van der Waals surface area contributed by atoms with Gasteiger partial charge < -0.3 is 15.5 Å². The molecule has 0 spiro atoms. The summed E-state index contributed by atoms with van der Waals surface area (Å²) in [5.41, 5.74) is -1.73. The van der Waals surface area contributed by atoms with Crippen molar-refractivity contribution in [1.29, 1.82) is 0 Å². The van der Waals surface area contributed by atoms with Crippen LogP contribution in [0.3, 0.4) is 0 Å². The van der Waals surface area contributed by atoms with Crippen molar-refractivity contribution in [2.24, 2.45) is 0 Å². The minimum Gasteiger partial charge on any atom is -0.478 e. The number of dihydropyridines is 1. The first-order chi connectivity index (χ1) is 10.2. The van der Waals surface area contributed by atoms with E-state index < -0.39 is 29.6 Å². The van der Waals surface area contributed by atoms with Crippen molar-refractivity contribution >= 4 is 11.9 Å². The van der Waals surface area contributed by atoms with Crippen LogP contribution in [0.2, 0.25) is 0 Å². The lowest BCUT2D eigenvalue weighted by Crippen LogP contribution is -2.25. The highest BCUT2D eigenvalue weighted by Crippen LogP contribution is 2.37. The van der Waals surface area contributed by atoms with Gasteiger partial charge in [0.25, 0.3) is 0 Å². The zero-order chi connectivity index (χ0) is 16.5. The number of hydrogen-bond donors (Lipinski definition) is 3. The molecule has 1 aromatic carbocycles. The van der Waals surface area contributed by atoms with E-state index in [2.05, 4.69) is 5.32 Å². The molecule has 0 saturated carbocycles. The maximum Gasteiger partial charge on any atom is 0.416 e. The zero-order valence-corrected chi connectivity index (χ0v) is 10.9. The van der Waals surface area contributed by atoms with Gasteiger partial charge in [0.05, 0.1) is 22.6 Å². The van der Waals surface area contributed by atoms with Crippen LogP contribution in [0.15, 0.2) is 47.8 Å². The second-order valence-electron chi connectivity index (χ2n) is 4.53. The van der Waals surface area contributed by atoms with Gasteiger partial charge in [0.1, 0.15) is 0 Å². The summed E-state index contributed by atoms with van der Waals surface area (Å²) in [6.45, 7) is 0. The van der Waals surface area contributed by atoms with Gasteiger partial charge in [-0.1, -0.05) is 18.2 Å². The number of halogens is 3. The van der Waals surface area contributed by atoms with E-state index in [9.17, 15) is 22.8 Å². The highest BCUT2D eigenvalue weighted by Gasteiger charge is 2.35. The summed E-state index contributed by atoms with van der Waals surface area (Å²) in [4.78, 5) is 22.5. The first-order valence-corrected chi connectivity index (χ1v) is 6.01. The smallest absolute Gasteiger partial charge is 0.416 e. The maximum absolute atomic E-state index is 12.8. The number of aliphatic carboxylic acids is 2. The second-order valence-corrected chi connectivity index (χ2v) is 4.53. The Kier molecular flexibility index (Phi) is 3.94. The van der Waals surface area contributed by atoms with Gasteiger partial charge in [-0.2, -0.15) is 13.2 Å². The maximum atomic E-state index is 12.8. The molecule has 0 saturated heterocycles. The fourth-order valence-corrected chi connectivity index (χ4v) is 2.18. The molecule has 0 aromatic heterocycles. The van der Waals surface area contributed by atoms with Crippen LogP contribution in [0.4, 0.5) is 13.2 Å². The van der Waals surface area contributed by atoms with Crippen molar-refractivity contribution < 1.29 is 33.0 Å². The van der Waals surface area contributed by atoms with Gasteiger partial charge in [0.2, 0.25) is 0 Å². The van der Waals surface area contributed by atoms with Crippen LogP contribution in [-0.4, -0.2) is 22.2 Å². The number of benzene rings is 1. The summed E-state index contributed by atoms with van der Waals surface area (Å²) in [6, 6.07) is 3.96. The quantitative estimate of drug-likeness (QED) is 0.797. The van der Waals surface area contributed by atoms with Crippen molar-refractivity contribution in [1.82, 2.24) is 5.32 Å². The molecule has 0 amide bonds. The van der Waals surface area contributed by atoms with Crippen LogP contribution < -0.4 is 5.32 Å². The van der Waals surface area contributed by atoms with Crippen LogP contribution in [-0.2, 0) is 15.8 Å². The van der Waals surface area contributed by atoms with Crippen molar-refractivity contribution in [2.45, 2.75) is 12.1 Å². The summed E-state index contributed by atoms with van der Waals surface area (Å²) >= 11 is 0. The lowest BCUT2D eigenvalue weighted by Gasteiger charge is -2.23. The van der Waals surface area contributed by atoms with E-state index in [1.807, 2.05) is 0 Å². The largest absolute Gasteiger partial charge is 0.478 e. The molecule has 8 heteroatoms. The molecule has 3 N–H and O–H groups in total. The lowest BCUT2D eigenvalue weighted by atomic mass is 9.83. The summed E-state index contributed by atoms with van der Waals surface area (Å²) in [7, 11) is 0. The standard InChI is InChI=1S/C14H10F3NO4/c15-14(16,17)8-3-1-2-7(4-8)11-9(12(19)20)5-18-6-10(11)13(21)22/h1-6,11,18H,(H,19,20)(H,21,22). The predicted octanol–water partition coefficient (Wildman–Crippen LogP) is 2.33. The Hall–Kier alpha value is -2.77. The number of nitrogens with one attached hydrogen (secondary N) is 1. The molecule has 0 radical (unpaired) electrons. The SMILES string of the molecule is O=C(O)C1=CNC=C(C(=O)O)C1c1cccc(C(F)(F)F)c1. The van der Waals surface area contributed by atoms with E-state index in [0.717, 1.165) is 30.6 Å². The third-order valence-corrected chi connectivity index (χ3v) is 3.14. The summed E-state index contributed by atoms with van der Waals surface area (Å²) < 4.78 is 38.3. The van der Waals surface area contributed by atoms with Gasteiger partial charge >= 0.3 is 18.1 Å². The predicted molar refractivity (Wildman–Crippen MR) is 68.8 cm³/mol. The van der Waals surface area contributed by atoms with Crippen molar-refractivity contribution in [2.75, 3.05) is 0 Å². The molecule has 22 heavy (non-hydrogen) atoms. The first kappa shape index (κ1) is 15.6. The van der Waals surface area contributed by atoms with Crippen LogP contribution in [0, 0.1) is 0 Å². The lowest BCUT2D eigenvalue weighted by molar-refractivity contribution is -0.137. The molecule has 0 atom stereocenters. The van der Waals surface area contributed by atoms with E-state index in [0.29, 0.717) is 0 Å². The molecule has 1 heterocycles. The number of carboxylic acid groups (broad SMARTS) is 2. The molecule has 0 bridgehead atoms. The molecule has 0 fully saturated rings. The fourth-order valence-electron chi connectivity index (χ4n) is 2.18. The number of alkyl halides is 3. The number of carbonyl (C=O) groups is 2. The Morgan fingerprint density at radius 2 is 1.59 bits per heavy atom. The molecular formula is C14H10F3NO4. The first-order valence-electron chi connectivity index (χ1n) is 6.01. The minimum absolute atomic E-state index is 0.0568. The van der Waals surface area contributed by atoms with Gasteiger partial charge in [-0.3, -0.25) is 0 Å². The monoisotopic (exact) mass is 313 g/mol. The average Bonchev–Trinajstić information content (AvgIpc) is 2.45. The Balaban J connectivity index is 2.56. The summed E-state index contributed by atoms with van der Waals surface area (Å²) in [6.07, 6.45) is -2.50. The van der Waals surface area contributed by atoms with E-state index in [4.69, 9.17) is 10.2 Å². The Morgan fingerprint density at radius 1 is 1.05 bits per heavy atom. The fraction of sp³-hybridized carbons (Fsp3) is 0.143. The highest BCUT2D eigenvalue weighted by atomic mass is 19.4. The van der Waals surface area contributed by atoms with E-state index in [1.165, 1.54) is 6.07 Å². The summed E-state index contributed by atoms with van der Waals surface area (Å²) in [5.74, 6) is -4.12. The average molecular weight is 313 g/mol. The van der Waals surface area contributed by atoms with E-state index in [-0.39, 0.29) is 16.7 Å². The molecule has 116 valence electrons. The molecule has 5 nitrogen and oxygen atoms in total. The van der Waals surface area contributed by atoms with E-state index >= 15 is 0 Å². The minimum atomic E-state index is -4.61. The molecule has 1 aromatic rings. The van der Waals surface area contributed by atoms with Crippen LogP contribution in [0.1, 0.15) is 17.0 Å².